The van der Waals surface area contributed by atoms with Crippen molar-refractivity contribution in [2.24, 2.45) is 0 Å². The molecule has 3 N–H and O–H groups in total. The largest absolute Gasteiger partial charge is 0.480 e. The molecule has 1 heterocycles. The first-order valence-electron chi connectivity index (χ1n) is 8.66. The van der Waals surface area contributed by atoms with Crippen LogP contribution in [0.3, 0.4) is 0 Å². The number of rotatable bonds is 8. The van der Waals surface area contributed by atoms with Gasteiger partial charge in [0.1, 0.15) is 5.75 Å². The fourth-order valence-corrected chi connectivity index (χ4v) is 3.76. The number of anilines is 1. The first-order chi connectivity index (χ1) is 13.3. The van der Waals surface area contributed by atoms with Gasteiger partial charge in [-0.3, -0.25) is 0 Å². The van der Waals surface area contributed by atoms with Crippen LogP contribution in [0.25, 0.3) is 10.4 Å². The Kier molecular flexibility index (Phi) is 7.00. The van der Waals surface area contributed by atoms with Crippen molar-refractivity contribution < 1.29 is 29.3 Å². The monoisotopic (exact) mass is 406 g/mol. The molecule has 28 heavy (non-hydrogen) atoms. The van der Waals surface area contributed by atoms with E-state index in [-0.39, 0.29) is 16.7 Å². The number of thiophene rings is 1. The van der Waals surface area contributed by atoms with Crippen molar-refractivity contribution in [3.8, 4) is 16.2 Å². The summed E-state index contributed by atoms with van der Waals surface area (Å²) in [6.45, 7) is 5.99. The van der Waals surface area contributed by atoms with E-state index in [1.165, 1.54) is 0 Å². The van der Waals surface area contributed by atoms with Crippen LogP contribution < -0.4 is 10.1 Å². The van der Waals surface area contributed by atoms with Gasteiger partial charge in [0.2, 0.25) is 0 Å². The maximum absolute atomic E-state index is 12.3. The molecular weight excluding hydrogens is 384 g/mol. The minimum Gasteiger partial charge on any atom is -0.480 e. The van der Waals surface area contributed by atoms with Crippen molar-refractivity contribution in [1.82, 2.24) is 4.90 Å². The molecule has 0 radical (unpaired) electrons. The molecule has 0 aliphatic rings. The molecule has 0 unspecified atom stereocenters. The summed E-state index contributed by atoms with van der Waals surface area (Å²) in [6.07, 6.45) is 0. The summed E-state index contributed by atoms with van der Waals surface area (Å²) in [6, 6.07) is 6.81. The maximum Gasteiger partial charge on any atom is 0.349 e. The van der Waals surface area contributed by atoms with Crippen LogP contribution in [0.1, 0.15) is 29.1 Å². The minimum absolute atomic E-state index is 0.0486. The van der Waals surface area contributed by atoms with Gasteiger partial charge in [-0.05, 0) is 38.5 Å². The van der Waals surface area contributed by atoms with E-state index in [9.17, 15) is 19.5 Å². The van der Waals surface area contributed by atoms with Crippen LogP contribution in [-0.2, 0) is 4.79 Å². The van der Waals surface area contributed by atoms with E-state index >= 15 is 0 Å². The summed E-state index contributed by atoms with van der Waals surface area (Å²) in [7, 11) is 0. The molecule has 2 rings (SSSR count). The number of ether oxygens (including phenoxy) is 1. The Morgan fingerprint density at radius 2 is 1.86 bits per heavy atom. The summed E-state index contributed by atoms with van der Waals surface area (Å²) in [5.41, 5.74) is 1.82. The Labute approximate surface area is 166 Å². The van der Waals surface area contributed by atoms with Gasteiger partial charge in [-0.1, -0.05) is 12.1 Å². The fraction of sp³-hybridized carbons (Fsp3) is 0.316. The number of hydrogen-bond acceptors (Lipinski definition) is 5. The second kappa shape index (κ2) is 9.23. The second-order valence-corrected chi connectivity index (χ2v) is 6.91. The number of aromatic carboxylic acids is 1. The van der Waals surface area contributed by atoms with E-state index in [1.807, 2.05) is 13.8 Å². The zero-order chi connectivity index (χ0) is 20.8. The lowest BCUT2D eigenvalue weighted by Crippen LogP contribution is -2.34. The summed E-state index contributed by atoms with van der Waals surface area (Å²) in [4.78, 5) is 36.8. The third kappa shape index (κ3) is 4.80. The van der Waals surface area contributed by atoms with Crippen molar-refractivity contribution in [3.05, 3.63) is 34.7 Å². The molecule has 0 fully saturated rings. The van der Waals surface area contributed by atoms with Gasteiger partial charge < -0.3 is 25.2 Å². The van der Waals surface area contributed by atoms with Crippen molar-refractivity contribution >= 4 is 35.0 Å². The van der Waals surface area contributed by atoms with Crippen LogP contribution in [0.5, 0.6) is 5.75 Å². The highest BCUT2D eigenvalue weighted by molar-refractivity contribution is 7.18. The lowest BCUT2D eigenvalue weighted by atomic mass is 10.1. The summed E-state index contributed by atoms with van der Waals surface area (Å²) < 4.78 is 5.20. The average molecular weight is 406 g/mol. The number of carboxylic acid groups (broad SMARTS) is 2. The van der Waals surface area contributed by atoms with E-state index < -0.39 is 18.5 Å². The summed E-state index contributed by atoms with van der Waals surface area (Å²) >= 11 is 1.00. The predicted octanol–water partition coefficient (Wildman–Crippen LogP) is 3.76. The molecule has 0 atom stereocenters. The van der Waals surface area contributed by atoms with Crippen LogP contribution in [0.4, 0.5) is 10.5 Å². The van der Waals surface area contributed by atoms with Gasteiger partial charge in [0.25, 0.3) is 0 Å². The van der Waals surface area contributed by atoms with Crippen LogP contribution in [-0.4, -0.2) is 52.8 Å². The Bertz CT molecular complexity index is 889. The topological polar surface area (TPSA) is 116 Å². The number of carbonyl (C=O) groups is 3. The molecule has 0 bridgehead atoms. The molecule has 150 valence electrons. The molecule has 2 amide bonds. The Morgan fingerprint density at radius 3 is 2.43 bits per heavy atom. The number of benzene rings is 1. The van der Waals surface area contributed by atoms with Crippen molar-refractivity contribution in [3.63, 3.8) is 0 Å². The number of nitrogens with one attached hydrogen (secondary N) is 1. The predicted molar refractivity (Wildman–Crippen MR) is 107 cm³/mol. The zero-order valence-electron chi connectivity index (χ0n) is 15.8. The lowest BCUT2D eigenvalue weighted by Gasteiger charge is -2.19. The van der Waals surface area contributed by atoms with Gasteiger partial charge in [-0.25, -0.2) is 14.4 Å². The average Bonchev–Trinajstić information content (AvgIpc) is 2.98. The molecule has 8 nitrogen and oxygen atoms in total. The van der Waals surface area contributed by atoms with E-state index in [4.69, 9.17) is 9.84 Å². The van der Waals surface area contributed by atoms with Crippen LogP contribution in [0.15, 0.2) is 24.3 Å². The maximum atomic E-state index is 12.3. The van der Waals surface area contributed by atoms with E-state index in [1.54, 1.807) is 36.1 Å². The molecule has 9 heteroatoms. The van der Waals surface area contributed by atoms with Crippen molar-refractivity contribution in [2.75, 3.05) is 25.0 Å². The molecule has 0 aliphatic heterocycles. The second-order valence-electron chi connectivity index (χ2n) is 5.89. The third-order valence-electron chi connectivity index (χ3n) is 4.05. The van der Waals surface area contributed by atoms with E-state index in [0.29, 0.717) is 34.8 Å². The number of aliphatic carboxylic acids is 1. The molecule has 1 aromatic heterocycles. The molecule has 0 spiro atoms. The van der Waals surface area contributed by atoms with Crippen molar-refractivity contribution in [2.45, 2.75) is 20.8 Å². The van der Waals surface area contributed by atoms with Crippen LogP contribution in [0.2, 0.25) is 0 Å². The highest BCUT2D eigenvalue weighted by Crippen LogP contribution is 2.42. The number of amides is 2. The van der Waals surface area contributed by atoms with Crippen LogP contribution in [0, 0.1) is 6.92 Å². The Balaban J connectivity index is 2.37. The van der Waals surface area contributed by atoms with Gasteiger partial charge in [0.05, 0.1) is 0 Å². The molecule has 2 aromatic rings. The SMILES string of the molecule is CCN(CC)C(=O)Nc1cccc(-c2sc(C(=O)O)c(OCC(=O)O)c2C)c1. The first-order valence-corrected chi connectivity index (χ1v) is 9.47. The number of nitrogens with zero attached hydrogens (tertiary/aromatic N) is 1. The number of urea groups is 1. The molecule has 0 saturated heterocycles. The number of carbonyl (C=O) groups excluding carboxylic acids is 1. The third-order valence-corrected chi connectivity index (χ3v) is 5.36. The zero-order valence-corrected chi connectivity index (χ0v) is 16.6. The Morgan fingerprint density at radius 1 is 1.18 bits per heavy atom. The quantitative estimate of drug-likeness (QED) is 0.615. The van der Waals surface area contributed by atoms with Crippen LogP contribution >= 0.6 is 11.3 Å². The van der Waals surface area contributed by atoms with Gasteiger partial charge in [0, 0.05) is 29.2 Å². The van der Waals surface area contributed by atoms with Gasteiger partial charge >= 0.3 is 18.0 Å². The highest BCUT2D eigenvalue weighted by atomic mass is 32.1. The fourth-order valence-electron chi connectivity index (χ4n) is 2.67. The summed E-state index contributed by atoms with van der Waals surface area (Å²) in [5.74, 6) is -2.33. The van der Waals surface area contributed by atoms with E-state index in [2.05, 4.69) is 5.32 Å². The normalized spacial score (nSPS) is 10.4. The number of carboxylic acids is 2. The smallest absolute Gasteiger partial charge is 0.349 e. The van der Waals surface area contributed by atoms with Gasteiger partial charge in [0.15, 0.2) is 11.5 Å². The molecule has 1 aromatic carbocycles. The van der Waals surface area contributed by atoms with Gasteiger partial charge in [-0.2, -0.15) is 0 Å². The van der Waals surface area contributed by atoms with E-state index in [0.717, 1.165) is 11.3 Å². The standard InChI is InChI=1S/C19H22N2O6S/c1-4-21(5-2)19(26)20-13-8-6-7-12(9-13)16-11(3)15(27-10-14(22)23)17(28-16)18(24)25/h6-9H,4-5,10H2,1-3H3,(H,20,26)(H,22,23)(H,24,25). The van der Waals surface area contributed by atoms with Gasteiger partial charge in [-0.15, -0.1) is 11.3 Å². The Hall–Kier alpha value is -3.07. The minimum atomic E-state index is -1.19. The lowest BCUT2D eigenvalue weighted by molar-refractivity contribution is -0.139. The highest BCUT2D eigenvalue weighted by Gasteiger charge is 2.23. The number of hydrogen-bond donors (Lipinski definition) is 3. The summed E-state index contributed by atoms with van der Waals surface area (Å²) in [5, 5.41) is 21.1. The molecule has 0 aliphatic carbocycles. The van der Waals surface area contributed by atoms with Crippen molar-refractivity contribution in [1.29, 1.82) is 0 Å². The first kappa shape index (κ1) is 21.2. The molecular formula is C19H22N2O6S. The molecule has 0 saturated carbocycles.